The normalized spacial score (nSPS) is 22.4. The van der Waals surface area contributed by atoms with Crippen LogP contribution in [0.5, 0.6) is 5.75 Å². The summed E-state index contributed by atoms with van der Waals surface area (Å²) in [5, 5.41) is 6.84. The maximum absolute atomic E-state index is 5.50. The molecule has 0 aromatic carbocycles. The van der Waals surface area contributed by atoms with Crippen LogP contribution >= 0.6 is 0 Å². The lowest BCUT2D eigenvalue weighted by Crippen LogP contribution is -2.31. The van der Waals surface area contributed by atoms with Gasteiger partial charge in [0.05, 0.1) is 7.11 Å². The third-order valence-corrected chi connectivity index (χ3v) is 3.98. The predicted octanol–water partition coefficient (Wildman–Crippen LogP) is 3.30. The molecule has 2 rings (SSSR count). The van der Waals surface area contributed by atoms with Gasteiger partial charge in [-0.2, -0.15) is 0 Å². The monoisotopic (exact) mass is 278 g/mol. The summed E-state index contributed by atoms with van der Waals surface area (Å²) in [6.07, 6.45) is 7.75. The number of hydrogen-bond donors (Lipinski definition) is 2. The van der Waals surface area contributed by atoms with E-state index in [-0.39, 0.29) is 0 Å². The smallest absolute Gasteiger partial charge is 0.204 e. The van der Waals surface area contributed by atoms with Crippen LogP contribution in [0.4, 0.5) is 11.6 Å². The van der Waals surface area contributed by atoms with Crippen molar-refractivity contribution in [2.45, 2.75) is 52.0 Å². The number of nitrogens with zero attached hydrogens (tertiary/aromatic N) is 2. The van der Waals surface area contributed by atoms with Gasteiger partial charge in [0.2, 0.25) is 5.75 Å². The molecule has 1 aromatic heterocycles. The van der Waals surface area contributed by atoms with Crippen LogP contribution in [0.25, 0.3) is 0 Å². The van der Waals surface area contributed by atoms with E-state index in [2.05, 4.69) is 34.4 Å². The van der Waals surface area contributed by atoms with Gasteiger partial charge in [0.25, 0.3) is 0 Å². The second kappa shape index (κ2) is 7.31. The fourth-order valence-electron chi connectivity index (χ4n) is 2.75. The molecular weight excluding hydrogens is 252 g/mol. The molecule has 0 saturated heterocycles. The van der Waals surface area contributed by atoms with Crippen molar-refractivity contribution in [1.29, 1.82) is 0 Å². The van der Waals surface area contributed by atoms with Crippen LogP contribution in [-0.4, -0.2) is 29.7 Å². The van der Waals surface area contributed by atoms with Gasteiger partial charge in [-0.25, -0.2) is 9.97 Å². The first-order chi connectivity index (χ1) is 9.76. The summed E-state index contributed by atoms with van der Waals surface area (Å²) in [5.74, 6) is 2.98. The number of rotatable bonds is 6. The predicted molar refractivity (Wildman–Crippen MR) is 82.4 cm³/mol. The minimum absolute atomic E-state index is 0.478. The molecule has 0 spiro atoms. The first-order valence-corrected chi connectivity index (χ1v) is 7.65. The Labute approximate surface area is 121 Å². The fourth-order valence-corrected chi connectivity index (χ4v) is 2.75. The Morgan fingerprint density at radius 3 is 2.70 bits per heavy atom. The fraction of sp³-hybridized carbons (Fsp3) is 0.733. The van der Waals surface area contributed by atoms with E-state index >= 15 is 0 Å². The van der Waals surface area contributed by atoms with E-state index in [0.29, 0.717) is 12.0 Å². The SMILES string of the molecule is CCCNc1ncnc(NC2CCCCC2C)c1OC. The minimum Gasteiger partial charge on any atom is -0.490 e. The Bertz CT molecular complexity index is 424. The van der Waals surface area contributed by atoms with Gasteiger partial charge in [-0.1, -0.05) is 26.7 Å². The Kier molecular flexibility index (Phi) is 5.44. The number of hydrogen-bond acceptors (Lipinski definition) is 5. The average Bonchev–Trinajstić information content (AvgIpc) is 2.47. The van der Waals surface area contributed by atoms with Crippen LogP contribution in [0, 0.1) is 5.92 Å². The first-order valence-electron chi connectivity index (χ1n) is 7.65. The zero-order valence-corrected chi connectivity index (χ0v) is 12.8. The maximum atomic E-state index is 5.50. The van der Waals surface area contributed by atoms with Gasteiger partial charge in [-0.3, -0.25) is 0 Å². The van der Waals surface area contributed by atoms with E-state index in [4.69, 9.17) is 4.74 Å². The van der Waals surface area contributed by atoms with Crippen molar-refractivity contribution in [3.8, 4) is 5.75 Å². The molecule has 2 N–H and O–H groups in total. The molecule has 0 radical (unpaired) electrons. The zero-order valence-electron chi connectivity index (χ0n) is 12.8. The molecule has 1 saturated carbocycles. The van der Waals surface area contributed by atoms with Gasteiger partial charge >= 0.3 is 0 Å². The van der Waals surface area contributed by atoms with Crippen LogP contribution < -0.4 is 15.4 Å². The average molecular weight is 278 g/mol. The molecule has 1 heterocycles. The van der Waals surface area contributed by atoms with Crippen LogP contribution in [0.2, 0.25) is 0 Å². The van der Waals surface area contributed by atoms with E-state index in [0.717, 1.165) is 30.4 Å². The van der Waals surface area contributed by atoms with E-state index in [9.17, 15) is 0 Å². The van der Waals surface area contributed by atoms with Crippen molar-refractivity contribution in [2.24, 2.45) is 5.92 Å². The first kappa shape index (κ1) is 14.9. The lowest BCUT2D eigenvalue weighted by Gasteiger charge is -2.30. The molecule has 0 bridgehead atoms. The molecule has 5 heteroatoms. The summed E-state index contributed by atoms with van der Waals surface area (Å²) in [6, 6.07) is 0.478. The van der Waals surface area contributed by atoms with Crippen LogP contribution in [0.15, 0.2) is 6.33 Å². The van der Waals surface area contributed by atoms with Crippen LogP contribution in [-0.2, 0) is 0 Å². The summed E-state index contributed by atoms with van der Waals surface area (Å²) in [5.41, 5.74) is 0. The molecule has 1 fully saturated rings. The van der Waals surface area contributed by atoms with Gasteiger partial charge in [-0.15, -0.1) is 0 Å². The molecule has 1 aliphatic rings. The molecular formula is C15H26N4O. The second-order valence-corrected chi connectivity index (χ2v) is 5.54. The van der Waals surface area contributed by atoms with Gasteiger partial charge in [0.1, 0.15) is 6.33 Å². The van der Waals surface area contributed by atoms with E-state index < -0.39 is 0 Å². The van der Waals surface area contributed by atoms with Crippen molar-refractivity contribution in [3.05, 3.63) is 6.33 Å². The van der Waals surface area contributed by atoms with Gasteiger partial charge in [0.15, 0.2) is 11.6 Å². The van der Waals surface area contributed by atoms with Crippen molar-refractivity contribution in [3.63, 3.8) is 0 Å². The van der Waals surface area contributed by atoms with Crippen molar-refractivity contribution in [1.82, 2.24) is 9.97 Å². The van der Waals surface area contributed by atoms with E-state index in [1.807, 2.05) is 0 Å². The number of nitrogens with one attached hydrogen (secondary N) is 2. The highest BCUT2D eigenvalue weighted by molar-refractivity contribution is 5.63. The number of ether oxygens (including phenoxy) is 1. The third-order valence-electron chi connectivity index (χ3n) is 3.98. The Hall–Kier alpha value is -1.52. The third kappa shape index (κ3) is 3.52. The van der Waals surface area contributed by atoms with Gasteiger partial charge in [-0.05, 0) is 25.2 Å². The summed E-state index contributed by atoms with van der Waals surface area (Å²) < 4.78 is 5.50. The maximum Gasteiger partial charge on any atom is 0.204 e. The molecule has 2 atom stereocenters. The molecule has 112 valence electrons. The highest BCUT2D eigenvalue weighted by Gasteiger charge is 2.23. The summed E-state index contributed by atoms with van der Waals surface area (Å²) in [6.45, 7) is 5.32. The molecule has 0 amide bonds. The molecule has 2 unspecified atom stereocenters. The van der Waals surface area contributed by atoms with Crippen molar-refractivity contribution >= 4 is 11.6 Å². The molecule has 1 aromatic rings. The summed E-state index contributed by atoms with van der Waals surface area (Å²) in [7, 11) is 1.67. The Morgan fingerprint density at radius 2 is 2.00 bits per heavy atom. The molecule has 20 heavy (non-hydrogen) atoms. The number of methoxy groups -OCH3 is 1. The van der Waals surface area contributed by atoms with Gasteiger partial charge in [0, 0.05) is 12.6 Å². The highest BCUT2D eigenvalue weighted by atomic mass is 16.5. The van der Waals surface area contributed by atoms with Crippen molar-refractivity contribution in [2.75, 3.05) is 24.3 Å². The lowest BCUT2D eigenvalue weighted by molar-refractivity contribution is 0.346. The Morgan fingerprint density at radius 1 is 1.25 bits per heavy atom. The quantitative estimate of drug-likeness (QED) is 0.836. The summed E-state index contributed by atoms with van der Waals surface area (Å²) >= 11 is 0. The summed E-state index contributed by atoms with van der Waals surface area (Å²) in [4.78, 5) is 8.63. The zero-order chi connectivity index (χ0) is 14.4. The Balaban J connectivity index is 2.13. The second-order valence-electron chi connectivity index (χ2n) is 5.54. The number of aromatic nitrogens is 2. The van der Waals surface area contributed by atoms with Crippen LogP contribution in [0.1, 0.15) is 46.0 Å². The minimum atomic E-state index is 0.478. The number of anilines is 2. The molecule has 1 aliphatic carbocycles. The molecule has 5 nitrogen and oxygen atoms in total. The standard InChI is InChI=1S/C15H26N4O/c1-4-9-16-14-13(20-3)15(18-10-17-14)19-12-8-6-5-7-11(12)2/h10-12H,4-9H2,1-3H3,(H2,16,17,18,19). The highest BCUT2D eigenvalue weighted by Crippen LogP contribution is 2.33. The lowest BCUT2D eigenvalue weighted by atomic mass is 9.86. The topological polar surface area (TPSA) is 59.1 Å². The largest absolute Gasteiger partial charge is 0.490 e. The molecule has 0 aliphatic heterocycles. The van der Waals surface area contributed by atoms with Gasteiger partial charge < -0.3 is 15.4 Å². The van der Waals surface area contributed by atoms with Crippen molar-refractivity contribution < 1.29 is 4.74 Å². The van der Waals surface area contributed by atoms with E-state index in [1.165, 1.54) is 25.7 Å². The van der Waals surface area contributed by atoms with Crippen LogP contribution in [0.3, 0.4) is 0 Å². The van der Waals surface area contributed by atoms with E-state index in [1.54, 1.807) is 13.4 Å².